The molecule has 2 N–H and O–H groups in total. The minimum atomic E-state index is -3.21. The van der Waals surface area contributed by atoms with Crippen LogP contribution in [0.15, 0.2) is 45.9 Å². The highest BCUT2D eigenvalue weighted by atomic mass is 79.9. The standard InChI is InChI=1S/C21H28BrN3O4S/c1-21(2,3)29-20(26)24-12-6-5-11-23-19-18(22)13-16(14-25-19)15-7-9-17(10-8-15)30(4,27)28/h7-10,13-14H,5-6,11-12H2,1-4H3,(H,23,25)(H,24,26). The highest BCUT2D eigenvalue weighted by Crippen LogP contribution is 2.27. The lowest BCUT2D eigenvalue weighted by Crippen LogP contribution is -2.33. The second-order valence-electron chi connectivity index (χ2n) is 7.91. The summed E-state index contributed by atoms with van der Waals surface area (Å²) < 4.78 is 29.2. The van der Waals surface area contributed by atoms with Crippen LogP contribution in [0.2, 0.25) is 0 Å². The van der Waals surface area contributed by atoms with E-state index in [4.69, 9.17) is 4.74 Å². The van der Waals surface area contributed by atoms with E-state index in [0.717, 1.165) is 34.3 Å². The van der Waals surface area contributed by atoms with E-state index in [1.54, 1.807) is 30.5 Å². The van der Waals surface area contributed by atoms with Crippen LogP contribution in [-0.4, -0.2) is 44.4 Å². The Morgan fingerprint density at radius 2 is 1.73 bits per heavy atom. The van der Waals surface area contributed by atoms with E-state index in [-0.39, 0.29) is 4.90 Å². The van der Waals surface area contributed by atoms with Crippen molar-refractivity contribution in [3.63, 3.8) is 0 Å². The normalized spacial score (nSPS) is 11.8. The number of carbonyl (C=O) groups excluding carboxylic acids is 1. The van der Waals surface area contributed by atoms with Crippen molar-refractivity contribution in [3.05, 3.63) is 41.0 Å². The van der Waals surface area contributed by atoms with Gasteiger partial charge in [-0.3, -0.25) is 0 Å². The highest BCUT2D eigenvalue weighted by molar-refractivity contribution is 9.10. The lowest BCUT2D eigenvalue weighted by Gasteiger charge is -2.19. The topological polar surface area (TPSA) is 97.4 Å². The number of hydrogen-bond donors (Lipinski definition) is 2. The summed E-state index contributed by atoms with van der Waals surface area (Å²) in [7, 11) is -3.21. The number of unbranched alkanes of at least 4 members (excludes halogenated alkanes) is 1. The van der Waals surface area contributed by atoms with Crippen molar-refractivity contribution >= 4 is 37.7 Å². The number of benzene rings is 1. The van der Waals surface area contributed by atoms with Gasteiger partial charge in [-0.15, -0.1) is 0 Å². The number of ether oxygens (including phenoxy) is 1. The second-order valence-corrected chi connectivity index (χ2v) is 10.8. The van der Waals surface area contributed by atoms with E-state index in [1.165, 1.54) is 6.26 Å². The number of hydrogen-bond acceptors (Lipinski definition) is 6. The molecule has 0 radical (unpaired) electrons. The molecule has 0 saturated heterocycles. The average Bonchev–Trinajstić information content (AvgIpc) is 2.63. The van der Waals surface area contributed by atoms with Gasteiger partial charge < -0.3 is 15.4 Å². The maximum absolute atomic E-state index is 11.6. The van der Waals surface area contributed by atoms with Gasteiger partial charge in [-0.25, -0.2) is 18.2 Å². The molecule has 0 aliphatic carbocycles. The fourth-order valence-electron chi connectivity index (χ4n) is 2.58. The maximum atomic E-state index is 11.6. The number of nitrogens with one attached hydrogen (secondary N) is 2. The number of aromatic nitrogens is 1. The molecule has 164 valence electrons. The van der Waals surface area contributed by atoms with Crippen LogP contribution in [0.25, 0.3) is 11.1 Å². The van der Waals surface area contributed by atoms with Crippen LogP contribution in [0, 0.1) is 0 Å². The Morgan fingerprint density at radius 3 is 2.30 bits per heavy atom. The number of carbonyl (C=O) groups is 1. The molecule has 0 spiro atoms. The Kier molecular flexibility index (Phi) is 8.25. The summed E-state index contributed by atoms with van der Waals surface area (Å²) in [5.74, 6) is 0.728. The molecular formula is C21H28BrN3O4S. The number of nitrogens with zero attached hydrogens (tertiary/aromatic N) is 1. The Morgan fingerprint density at radius 1 is 1.10 bits per heavy atom. The van der Waals surface area contributed by atoms with Gasteiger partial charge in [0.25, 0.3) is 0 Å². The van der Waals surface area contributed by atoms with Crippen molar-refractivity contribution in [2.45, 2.75) is 44.1 Å². The lowest BCUT2D eigenvalue weighted by atomic mass is 10.1. The van der Waals surface area contributed by atoms with Gasteiger partial charge in [0.1, 0.15) is 11.4 Å². The predicted molar refractivity (Wildman–Crippen MR) is 122 cm³/mol. The van der Waals surface area contributed by atoms with Crippen molar-refractivity contribution in [3.8, 4) is 11.1 Å². The maximum Gasteiger partial charge on any atom is 0.407 e. The molecule has 2 rings (SSSR count). The molecule has 0 atom stereocenters. The number of alkyl carbamates (subject to hydrolysis) is 1. The number of anilines is 1. The van der Waals surface area contributed by atoms with Crippen molar-refractivity contribution in [1.29, 1.82) is 0 Å². The largest absolute Gasteiger partial charge is 0.444 e. The Bertz CT molecular complexity index is 971. The van der Waals surface area contributed by atoms with Gasteiger partial charge in [0.2, 0.25) is 0 Å². The van der Waals surface area contributed by atoms with Gasteiger partial charge in [-0.2, -0.15) is 0 Å². The fraction of sp³-hybridized carbons (Fsp3) is 0.429. The van der Waals surface area contributed by atoms with E-state index in [0.29, 0.717) is 13.1 Å². The van der Waals surface area contributed by atoms with Crippen LogP contribution < -0.4 is 10.6 Å². The van der Waals surface area contributed by atoms with Crippen LogP contribution in [0.4, 0.5) is 10.6 Å². The van der Waals surface area contributed by atoms with Crippen molar-refractivity contribution in [2.75, 3.05) is 24.7 Å². The Balaban J connectivity index is 1.81. The lowest BCUT2D eigenvalue weighted by molar-refractivity contribution is 0.0527. The fourth-order valence-corrected chi connectivity index (χ4v) is 3.70. The zero-order valence-electron chi connectivity index (χ0n) is 17.7. The summed E-state index contributed by atoms with van der Waals surface area (Å²) in [6.45, 7) is 6.75. The first-order chi connectivity index (χ1) is 14.0. The summed E-state index contributed by atoms with van der Waals surface area (Å²) >= 11 is 3.53. The quantitative estimate of drug-likeness (QED) is 0.515. The third kappa shape index (κ3) is 7.95. The Labute approximate surface area is 186 Å². The van der Waals surface area contributed by atoms with Crippen LogP contribution >= 0.6 is 15.9 Å². The first-order valence-corrected chi connectivity index (χ1v) is 12.3. The van der Waals surface area contributed by atoms with E-state index < -0.39 is 21.5 Å². The number of pyridine rings is 1. The molecule has 0 aliphatic heterocycles. The van der Waals surface area contributed by atoms with Crippen LogP contribution in [0.3, 0.4) is 0 Å². The molecule has 9 heteroatoms. The summed E-state index contributed by atoms with van der Waals surface area (Å²) in [5, 5.41) is 6.00. The van der Waals surface area contributed by atoms with Gasteiger partial charge in [0.05, 0.1) is 9.37 Å². The van der Waals surface area contributed by atoms with E-state index >= 15 is 0 Å². The summed E-state index contributed by atoms with van der Waals surface area (Å²) in [6, 6.07) is 8.66. The molecule has 1 aromatic carbocycles. The molecule has 0 fully saturated rings. The van der Waals surface area contributed by atoms with Gasteiger partial charge in [-0.05, 0) is 73.3 Å². The summed E-state index contributed by atoms with van der Waals surface area (Å²) in [5.41, 5.74) is 1.27. The molecule has 0 aliphatic rings. The van der Waals surface area contributed by atoms with Gasteiger partial charge in [0.15, 0.2) is 9.84 Å². The molecule has 1 heterocycles. The van der Waals surface area contributed by atoms with Gasteiger partial charge >= 0.3 is 6.09 Å². The van der Waals surface area contributed by atoms with Crippen LogP contribution in [0.5, 0.6) is 0 Å². The molecule has 0 bridgehead atoms. The first kappa shape index (κ1) is 24.1. The van der Waals surface area contributed by atoms with Gasteiger partial charge in [-0.1, -0.05) is 12.1 Å². The molecule has 0 saturated carbocycles. The van der Waals surface area contributed by atoms with Crippen molar-refractivity contribution < 1.29 is 17.9 Å². The predicted octanol–water partition coefficient (Wildman–Crippen LogP) is 4.63. The first-order valence-electron chi connectivity index (χ1n) is 9.62. The molecule has 1 amide bonds. The van der Waals surface area contributed by atoms with E-state index in [9.17, 15) is 13.2 Å². The minimum Gasteiger partial charge on any atom is -0.444 e. The number of amides is 1. The molecule has 0 unspecified atom stereocenters. The number of sulfone groups is 1. The zero-order valence-corrected chi connectivity index (χ0v) is 20.1. The summed E-state index contributed by atoms with van der Waals surface area (Å²) in [4.78, 5) is 16.3. The summed E-state index contributed by atoms with van der Waals surface area (Å²) in [6.07, 6.45) is 4.20. The minimum absolute atomic E-state index is 0.290. The molecule has 1 aromatic heterocycles. The average molecular weight is 498 g/mol. The van der Waals surface area contributed by atoms with Crippen molar-refractivity contribution in [2.24, 2.45) is 0 Å². The highest BCUT2D eigenvalue weighted by Gasteiger charge is 2.15. The van der Waals surface area contributed by atoms with Crippen LogP contribution in [-0.2, 0) is 14.6 Å². The second kappa shape index (κ2) is 10.3. The third-order valence-corrected chi connectivity index (χ3v) is 5.75. The van der Waals surface area contributed by atoms with Gasteiger partial charge in [0, 0.05) is 31.1 Å². The van der Waals surface area contributed by atoms with E-state index in [2.05, 4.69) is 31.5 Å². The molecule has 7 nitrogen and oxygen atoms in total. The van der Waals surface area contributed by atoms with Crippen molar-refractivity contribution in [1.82, 2.24) is 10.3 Å². The zero-order chi connectivity index (χ0) is 22.4. The molecule has 30 heavy (non-hydrogen) atoms. The molecule has 2 aromatic rings. The van der Waals surface area contributed by atoms with Crippen LogP contribution in [0.1, 0.15) is 33.6 Å². The van der Waals surface area contributed by atoms with E-state index in [1.807, 2.05) is 26.8 Å². The SMILES string of the molecule is CC(C)(C)OC(=O)NCCCCNc1ncc(-c2ccc(S(C)(=O)=O)cc2)cc1Br. The smallest absolute Gasteiger partial charge is 0.407 e. The monoisotopic (exact) mass is 497 g/mol. The number of rotatable bonds is 8. The number of halogens is 1. The third-order valence-electron chi connectivity index (χ3n) is 4.02. The molecular weight excluding hydrogens is 470 g/mol. The Hall–Kier alpha value is -2.13.